The summed E-state index contributed by atoms with van der Waals surface area (Å²) >= 11 is 0. The normalized spacial score (nSPS) is 12.0. The third kappa shape index (κ3) is 3.23. The van der Waals surface area contributed by atoms with Gasteiger partial charge in [0.1, 0.15) is 7.05 Å². The monoisotopic (exact) mass is 387 g/mol. The first kappa shape index (κ1) is 19.6. The van der Waals surface area contributed by atoms with E-state index in [4.69, 9.17) is 9.40 Å². The first-order valence-corrected chi connectivity index (χ1v) is 10.7. The predicted octanol–water partition coefficient (Wildman–Crippen LogP) is 6.59. The summed E-state index contributed by atoms with van der Waals surface area (Å²) in [6, 6.07) is 11.0. The molecule has 0 aliphatic rings. The number of hydrogen-bond donors (Lipinski definition) is 0. The van der Waals surface area contributed by atoms with E-state index < -0.39 is 0 Å². The SMILES string of the molecule is CCc1cc(-c2c(C)ccc3c2oc2nc(C(C)C)ccc23)[n+](C)cc1C(C)C. The van der Waals surface area contributed by atoms with Crippen LogP contribution in [0.5, 0.6) is 0 Å². The van der Waals surface area contributed by atoms with Crippen molar-refractivity contribution in [3.05, 3.63) is 58.9 Å². The van der Waals surface area contributed by atoms with Crippen LogP contribution in [0.25, 0.3) is 33.3 Å². The Morgan fingerprint density at radius 1 is 1.00 bits per heavy atom. The fraction of sp³-hybridized carbons (Fsp3) is 0.385. The summed E-state index contributed by atoms with van der Waals surface area (Å²) in [6.07, 6.45) is 3.31. The fourth-order valence-electron chi connectivity index (χ4n) is 4.26. The van der Waals surface area contributed by atoms with Crippen LogP contribution in [0.2, 0.25) is 0 Å². The van der Waals surface area contributed by atoms with E-state index in [1.807, 2.05) is 0 Å². The second kappa shape index (κ2) is 7.29. The highest BCUT2D eigenvalue weighted by Gasteiger charge is 2.23. The summed E-state index contributed by atoms with van der Waals surface area (Å²) in [4.78, 5) is 4.80. The van der Waals surface area contributed by atoms with Crippen LogP contribution in [0, 0.1) is 6.92 Å². The van der Waals surface area contributed by atoms with Gasteiger partial charge in [-0.25, -0.2) is 9.55 Å². The highest BCUT2D eigenvalue weighted by Crippen LogP contribution is 2.37. The molecular weight excluding hydrogens is 356 g/mol. The van der Waals surface area contributed by atoms with Crippen molar-refractivity contribution >= 4 is 22.1 Å². The van der Waals surface area contributed by atoms with Gasteiger partial charge >= 0.3 is 0 Å². The molecule has 0 N–H and O–H groups in total. The molecule has 0 radical (unpaired) electrons. The van der Waals surface area contributed by atoms with Crippen molar-refractivity contribution in [2.45, 2.75) is 59.8 Å². The van der Waals surface area contributed by atoms with Gasteiger partial charge < -0.3 is 4.42 Å². The molecule has 150 valence electrons. The Morgan fingerprint density at radius 2 is 1.72 bits per heavy atom. The maximum absolute atomic E-state index is 6.39. The minimum atomic E-state index is 0.377. The van der Waals surface area contributed by atoms with E-state index in [0.29, 0.717) is 11.8 Å². The minimum Gasteiger partial charge on any atom is -0.437 e. The molecule has 0 atom stereocenters. The standard InChI is InChI=1S/C26H31N2O/c1-8-18-13-23(28(7)14-21(18)15(2)3)24-17(6)9-10-19-20-11-12-22(16(4)5)27-26(20)29-25(19)24/h9-16H,8H2,1-7H3/q+1. The van der Waals surface area contributed by atoms with Crippen LogP contribution in [0.1, 0.15) is 68.8 Å². The third-order valence-corrected chi connectivity index (χ3v) is 5.98. The lowest BCUT2D eigenvalue weighted by Gasteiger charge is -2.13. The van der Waals surface area contributed by atoms with Crippen LogP contribution in [0.15, 0.2) is 40.9 Å². The summed E-state index contributed by atoms with van der Waals surface area (Å²) < 4.78 is 8.64. The zero-order chi connectivity index (χ0) is 20.9. The number of furan rings is 1. The summed E-state index contributed by atoms with van der Waals surface area (Å²) in [5.41, 5.74) is 9.12. The highest BCUT2D eigenvalue weighted by molar-refractivity contribution is 6.08. The zero-order valence-corrected chi connectivity index (χ0v) is 18.6. The van der Waals surface area contributed by atoms with E-state index in [-0.39, 0.29) is 0 Å². The first-order chi connectivity index (χ1) is 13.8. The molecule has 0 bridgehead atoms. The minimum absolute atomic E-state index is 0.377. The van der Waals surface area contributed by atoms with Gasteiger partial charge in [0, 0.05) is 28.1 Å². The third-order valence-electron chi connectivity index (χ3n) is 5.98. The summed E-state index contributed by atoms with van der Waals surface area (Å²) in [6.45, 7) is 13.2. The number of benzene rings is 1. The van der Waals surface area contributed by atoms with Gasteiger partial charge in [-0.1, -0.05) is 46.8 Å². The van der Waals surface area contributed by atoms with Gasteiger partial charge in [-0.3, -0.25) is 0 Å². The zero-order valence-electron chi connectivity index (χ0n) is 18.6. The molecule has 0 aliphatic carbocycles. The van der Waals surface area contributed by atoms with E-state index in [9.17, 15) is 0 Å². The second-order valence-corrected chi connectivity index (χ2v) is 8.74. The topological polar surface area (TPSA) is 29.9 Å². The molecule has 3 heterocycles. The van der Waals surface area contributed by atoms with Crippen molar-refractivity contribution in [3.63, 3.8) is 0 Å². The van der Waals surface area contributed by atoms with E-state index in [1.165, 1.54) is 27.9 Å². The summed E-state index contributed by atoms with van der Waals surface area (Å²) in [5.74, 6) is 0.884. The van der Waals surface area contributed by atoms with Gasteiger partial charge in [0.2, 0.25) is 11.4 Å². The van der Waals surface area contributed by atoms with Gasteiger partial charge in [-0.2, -0.15) is 0 Å². The summed E-state index contributed by atoms with van der Waals surface area (Å²) in [7, 11) is 2.14. The van der Waals surface area contributed by atoms with Gasteiger partial charge in [-0.15, -0.1) is 0 Å². The van der Waals surface area contributed by atoms with Gasteiger partial charge in [0.15, 0.2) is 11.8 Å². The largest absolute Gasteiger partial charge is 0.437 e. The van der Waals surface area contributed by atoms with Gasteiger partial charge in [0.25, 0.3) is 0 Å². The van der Waals surface area contributed by atoms with Crippen LogP contribution in [0.3, 0.4) is 0 Å². The smallest absolute Gasteiger partial charge is 0.227 e. The van der Waals surface area contributed by atoms with Gasteiger partial charge in [-0.05, 0) is 48.4 Å². The number of rotatable bonds is 4. The Balaban J connectivity index is 2.03. The van der Waals surface area contributed by atoms with E-state index in [1.54, 1.807) is 0 Å². The van der Waals surface area contributed by atoms with Crippen molar-refractivity contribution in [2.24, 2.45) is 7.05 Å². The molecule has 0 aliphatic heterocycles. The van der Waals surface area contributed by atoms with Crippen LogP contribution in [-0.4, -0.2) is 4.98 Å². The molecule has 29 heavy (non-hydrogen) atoms. The average molecular weight is 388 g/mol. The lowest BCUT2D eigenvalue weighted by atomic mass is 9.94. The number of aromatic nitrogens is 2. The number of pyridine rings is 2. The molecule has 1 aromatic carbocycles. The van der Waals surface area contributed by atoms with Crippen molar-refractivity contribution in [3.8, 4) is 11.3 Å². The molecular formula is C26H31N2O+. The van der Waals surface area contributed by atoms with Crippen LogP contribution >= 0.6 is 0 Å². The Morgan fingerprint density at radius 3 is 2.38 bits per heavy atom. The van der Waals surface area contributed by atoms with Crippen LogP contribution in [-0.2, 0) is 13.5 Å². The molecule has 3 nitrogen and oxygen atoms in total. The molecule has 4 aromatic rings. The van der Waals surface area contributed by atoms with Crippen molar-refractivity contribution in [1.29, 1.82) is 0 Å². The van der Waals surface area contributed by atoms with Crippen LogP contribution in [0.4, 0.5) is 0 Å². The fourth-order valence-corrected chi connectivity index (χ4v) is 4.26. The summed E-state index contributed by atoms with van der Waals surface area (Å²) in [5, 5.41) is 2.22. The molecule has 0 amide bonds. The maximum Gasteiger partial charge on any atom is 0.227 e. The van der Waals surface area contributed by atoms with Crippen LogP contribution < -0.4 is 4.57 Å². The Kier molecular flexibility index (Phi) is 4.94. The molecule has 0 saturated carbocycles. The Bertz CT molecular complexity index is 1210. The molecule has 4 rings (SSSR count). The number of fused-ring (bicyclic) bond motifs is 3. The number of nitrogens with zero attached hydrogens (tertiary/aromatic N) is 2. The van der Waals surface area contributed by atoms with Gasteiger partial charge in [0.05, 0.1) is 5.56 Å². The molecule has 0 saturated heterocycles. The lowest BCUT2D eigenvalue weighted by molar-refractivity contribution is -0.660. The number of aryl methyl sites for hydroxylation is 3. The molecule has 0 fully saturated rings. The van der Waals surface area contributed by atoms with Crippen molar-refractivity contribution in [2.75, 3.05) is 0 Å². The molecule has 3 aromatic heterocycles. The quantitative estimate of drug-likeness (QED) is 0.370. The highest BCUT2D eigenvalue weighted by atomic mass is 16.3. The Hall–Kier alpha value is -2.68. The maximum atomic E-state index is 6.39. The second-order valence-electron chi connectivity index (χ2n) is 8.74. The average Bonchev–Trinajstić information content (AvgIpc) is 3.05. The van der Waals surface area contributed by atoms with E-state index >= 15 is 0 Å². The van der Waals surface area contributed by atoms with E-state index in [0.717, 1.165) is 34.2 Å². The number of hydrogen-bond acceptors (Lipinski definition) is 2. The first-order valence-electron chi connectivity index (χ1n) is 10.7. The molecule has 0 spiro atoms. The van der Waals surface area contributed by atoms with Crippen molar-refractivity contribution in [1.82, 2.24) is 4.98 Å². The Labute approximate surface area is 173 Å². The predicted molar refractivity (Wildman–Crippen MR) is 120 cm³/mol. The molecule has 0 unspecified atom stereocenters. The lowest BCUT2D eigenvalue weighted by Crippen LogP contribution is -2.32. The molecule has 3 heteroatoms. The van der Waals surface area contributed by atoms with E-state index in [2.05, 4.69) is 89.7 Å². The van der Waals surface area contributed by atoms with Crippen molar-refractivity contribution < 1.29 is 8.98 Å².